The molecule has 106 valence electrons. The number of oxime groups is 1. The molecule has 1 aromatic carbocycles. The van der Waals surface area contributed by atoms with Gasteiger partial charge in [0.25, 0.3) is 0 Å². The Labute approximate surface area is 110 Å². The van der Waals surface area contributed by atoms with E-state index in [0.29, 0.717) is 18.7 Å². The Kier molecular flexibility index (Phi) is 6.20. The SMILES string of the molecule is N/C(=N/O)c1cccc(CN(CCO)CCO)c1F. The fraction of sp³-hybridized carbons (Fsp3) is 0.417. The van der Waals surface area contributed by atoms with Gasteiger partial charge in [-0.2, -0.15) is 0 Å². The van der Waals surface area contributed by atoms with Crippen molar-refractivity contribution < 1.29 is 19.8 Å². The van der Waals surface area contributed by atoms with Crippen LogP contribution in [0.25, 0.3) is 0 Å². The van der Waals surface area contributed by atoms with Gasteiger partial charge in [-0.05, 0) is 6.07 Å². The molecule has 0 aromatic heterocycles. The normalized spacial score (nSPS) is 12.1. The Bertz CT molecular complexity index is 434. The van der Waals surface area contributed by atoms with Crippen LogP contribution in [0.4, 0.5) is 4.39 Å². The maximum Gasteiger partial charge on any atom is 0.173 e. The molecule has 0 unspecified atom stereocenters. The zero-order chi connectivity index (χ0) is 14.3. The molecule has 0 aliphatic carbocycles. The van der Waals surface area contributed by atoms with E-state index in [0.717, 1.165) is 0 Å². The van der Waals surface area contributed by atoms with Crippen LogP contribution in [0.1, 0.15) is 11.1 Å². The number of amidine groups is 1. The molecule has 1 aromatic rings. The molecule has 0 amide bonds. The third kappa shape index (κ3) is 4.16. The molecular formula is C12H18FN3O3. The molecule has 0 aliphatic rings. The van der Waals surface area contributed by atoms with Crippen molar-refractivity contribution in [1.82, 2.24) is 4.90 Å². The summed E-state index contributed by atoms with van der Waals surface area (Å²) in [5.41, 5.74) is 5.75. The Morgan fingerprint density at radius 3 is 2.42 bits per heavy atom. The second kappa shape index (κ2) is 7.67. The summed E-state index contributed by atoms with van der Waals surface area (Å²) in [5, 5.41) is 29.2. The summed E-state index contributed by atoms with van der Waals surface area (Å²) in [5.74, 6) is -0.867. The Morgan fingerprint density at radius 1 is 1.26 bits per heavy atom. The van der Waals surface area contributed by atoms with Gasteiger partial charge in [0.2, 0.25) is 0 Å². The maximum atomic E-state index is 14.1. The van der Waals surface area contributed by atoms with Crippen LogP contribution in [0, 0.1) is 5.82 Å². The minimum absolute atomic E-state index is 0.0212. The van der Waals surface area contributed by atoms with Crippen molar-refractivity contribution in [3.8, 4) is 0 Å². The summed E-state index contributed by atoms with van der Waals surface area (Å²) in [6.45, 7) is 0.712. The zero-order valence-corrected chi connectivity index (χ0v) is 10.5. The van der Waals surface area contributed by atoms with Gasteiger partial charge in [0.1, 0.15) is 5.82 Å². The molecule has 0 bridgehead atoms. The lowest BCUT2D eigenvalue weighted by atomic mass is 10.1. The predicted octanol–water partition coefficient (Wildman–Crippen LogP) is -0.293. The van der Waals surface area contributed by atoms with Gasteiger partial charge in [-0.25, -0.2) is 4.39 Å². The standard InChI is InChI=1S/C12H18FN3O3/c13-11-9(8-16(4-6-17)5-7-18)2-1-3-10(11)12(14)15-19/h1-3,17-19H,4-8H2,(H2,14,15). The molecule has 6 nitrogen and oxygen atoms in total. The number of nitrogens with two attached hydrogens (primary N) is 1. The summed E-state index contributed by atoms with van der Waals surface area (Å²) in [7, 11) is 0. The molecule has 0 spiro atoms. The van der Waals surface area contributed by atoms with Crippen molar-refractivity contribution in [3.63, 3.8) is 0 Å². The fourth-order valence-electron chi connectivity index (χ4n) is 1.75. The number of rotatable bonds is 7. The lowest BCUT2D eigenvalue weighted by Gasteiger charge is -2.20. The largest absolute Gasteiger partial charge is 0.409 e. The second-order valence-corrected chi connectivity index (χ2v) is 3.99. The van der Waals surface area contributed by atoms with Gasteiger partial charge in [0, 0.05) is 25.2 Å². The van der Waals surface area contributed by atoms with Crippen LogP contribution >= 0.6 is 0 Å². The first-order valence-corrected chi connectivity index (χ1v) is 5.83. The minimum Gasteiger partial charge on any atom is -0.409 e. The van der Waals surface area contributed by atoms with E-state index in [9.17, 15) is 4.39 Å². The van der Waals surface area contributed by atoms with Crippen LogP contribution < -0.4 is 5.73 Å². The van der Waals surface area contributed by atoms with Crippen molar-refractivity contribution in [2.45, 2.75) is 6.54 Å². The summed E-state index contributed by atoms with van der Waals surface area (Å²) >= 11 is 0. The number of benzene rings is 1. The molecular weight excluding hydrogens is 253 g/mol. The number of nitrogens with zero attached hydrogens (tertiary/aromatic N) is 2. The van der Waals surface area contributed by atoms with E-state index in [1.807, 2.05) is 0 Å². The molecule has 0 aliphatic heterocycles. The predicted molar refractivity (Wildman–Crippen MR) is 68.4 cm³/mol. The quantitative estimate of drug-likeness (QED) is 0.236. The van der Waals surface area contributed by atoms with Gasteiger partial charge in [-0.15, -0.1) is 0 Å². The maximum absolute atomic E-state index is 14.1. The van der Waals surface area contributed by atoms with E-state index < -0.39 is 5.82 Å². The summed E-state index contributed by atoms with van der Waals surface area (Å²) in [6, 6.07) is 4.59. The van der Waals surface area contributed by atoms with Crippen LogP contribution in [-0.2, 0) is 6.54 Å². The molecule has 0 saturated heterocycles. The molecule has 1 rings (SSSR count). The Morgan fingerprint density at radius 2 is 1.89 bits per heavy atom. The van der Waals surface area contributed by atoms with E-state index in [4.69, 9.17) is 21.2 Å². The molecule has 7 heteroatoms. The number of hydrogen-bond donors (Lipinski definition) is 4. The van der Waals surface area contributed by atoms with Gasteiger partial charge in [-0.1, -0.05) is 17.3 Å². The second-order valence-electron chi connectivity index (χ2n) is 3.99. The Balaban J connectivity index is 2.94. The summed E-state index contributed by atoms with van der Waals surface area (Å²) in [4.78, 5) is 1.70. The first kappa shape index (κ1) is 15.4. The van der Waals surface area contributed by atoms with Crippen molar-refractivity contribution in [2.24, 2.45) is 10.9 Å². The lowest BCUT2D eigenvalue weighted by molar-refractivity contribution is 0.154. The van der Waals surface area contributed by atoms with Gasteiger partial charge in [0.15, 0.2) is 5.84 Å². The molecule has 0 saturated carbocycles. The minimum atomic E-state index is -0.571. The average molecular weight is 271 g/mol. The zero-order valence-electron chi connectivity index (χ0n) is 10.5. The van der Waals surface area contributed by atoms with Gasteiger partial charge in [0.05, 0.1) is 18.8 Å². The van der Waals surface area contributed by atoms with Gasteiger partial charge >= 0.3 is 0 Å². The van der Waals surface area contributed by atoms with Crippen molar-refractivity contribution in [1.29, 1.82) is 0 Å². The van der Waals surface area contributed by atoms with Crippen LogP contribution in [-0.4, -0.2) is 52.5 Å². The molecule has 0 heterocycles. The lowest BCUT2D eigenvalue weighted by Crippen LogP contribution is -2.30. The van der Waals surface area contributed by atoms with Crippen LogP contribution in [0.3, 0.4) is 0 Å². The van der Waals surface area contributed by atoms with E-state index in [1.165, 1.54) is 6.07 Å². The van der Waals surface area contributed by atoms with E-state index in [2.05, 4.69) is 5.16 Å². The van der Waals surface area contributed by atoms with Crippen LogP contribution in [0.2, 0.25) is 0 Å². The molecule has 0 atom stereocenters. The molecule has 0 fully saturated rings. The number of aliphatic hydroxyl groups is 2. The van der Waals surface area contributed by atoms with E-state index >= 15 is 0 Å². The fourth-order valence-corrected chi connectivity index (χ4v) is 1.75. The number of hydrogen-bond acceptors (Lipinski definition) is 5. The highest BCUT2D eigenvalue weighted by Gasteiger charge is 2.14. The highest BCUT2D eigenvalue weighted by Crippen LogP contribution is 2.15. The molecule has 5 N–H and O–H groups in total. The third-order valence-corrected chi connectivity index (χ3v) is 2.69. The van der Waals surface area contributed by atoms with Crippen LogP contribution in [0.15, 0.2) is 23.4 Å². The third-order valence-electron chi connectivity index (χ3n) is 2.69. The molecule has 0 radical (unpaired) electrons. The number of halogens is 1. The van der Waals surface area contributed by atoms with Crippen molar-refractivity contribution in [2.75, 3.05) is 26.3 Å². The highest BCUT2D eigenvalue weighted by molar-refractivity contribution is 5.97. The first-order chi connectivity index (χ1) is 9.13. The summed E-state index contributed by atoms with van der Waals surface area (Å²) in [6.07, 6.45) is 0. The summed E-state index contributed by atoms with van der Waals surface area (Å²) < 4.78 is 14.1. The topological polar surface area (TPSA) is 102 Å². The van der Waals surface area contributed by atoms with E-state index in [1.54, 1.807) is 17.0 Å². The highest BCUT2D eigenvalue weighted by atomic mass is 19.1. The van der Waals surface area contributed by atoms with Crippen LogP contribution in [0.5, 0.6) is 0 Å². The smallest absolute Gasteiger partial charge is 0.173 e. The van der Waals surface area contributed by atoms with Gasteiger partial charge in [-0.3, -0.25) is 4.90 Å². The molecule has 19 heavy (non-hydrogen) atoms. The van der Waals surface area contributed by atoms with E-state index in [-0.39, 0.29) is 31.2 Å². The van der Waals surface area contributed by atoms with Gasteiger partial charge < -0.3 is 21.2 Å². The monoisotopic (exact) mass is 271 g/mol. The Hall–Kier alpha value is -1.70. The van der Waals surface area contributed by atoms with Crippen molar-refractivity contribution in [3.05, 3.63) is 35.1 Å². The first-order valence-electron chi connectivity index (χ1n) is 5.83. The average Bonchev–Trinajstić information content (AvgIpc) is 2.41. The van der Waals surface area contributed by atoms with Crippen molar-refractivity contribution >= 4 is 5.84 Å². The number of aliphatic hydroxyl groups excluding tert-OH is 2.